The zero-order chi connectivity index (χ0) is 18.2. The first kappa shape index (κ1) is 16.8. The van der Waals surface area contributed by atoms with E-state index in [0.29, 0.717) is 19.6 Å². The average molecular weight is 398 g/mol. The van der Waals surface area contributed by atoms with Crippen LogP contribution >= 0.6 is 22.7 Å². The zero-order valence-electron chi connectivity index (χ0n) is 14.7. The monoisotopic (exact) mass is 397 g/mol. The molecule has 0 saturated carbocycles. The summed E-state index contributed by atoms with van der Waals surface area (Å²) in [6.45, 7) is 1.89. The lowest BCUT2D eigenvalue weighted by Crippen LogP contribution is -2.40. The molecule has 0 aliphatic carbocycles. The Bertz CT molecular complexity index is 964. The predicted octanol–water partition coefficient (Wildman–Crippen LogP) is 4.30. The third-order valence-electron chi connectivity index (χ3n) is 5.06. The largest absolute Gasteiger partial charge is 0.486 e. The number of ether oxygens (including phenoxy) is 2. The van der Waals surface area contributed by atoms with Gasteiger partial charge in [0.05, 0.1) is 12.5 Å². The summed E-state index contributed by atoms with van der Waals surface area (Å²) in [7, 11) is 0. The van der Waals surface area contributed by atoms with Crippen LogP contribution < -0.4 is 9.47 Å². The number of carbonyl (C=O) groups is 1. The lowest BCUT2D eigenvalue weighted by Gasteiger charge is -2.35. The van der Waals surface area contributed by atoms with Crippen LogP contribution in [0.1, 0.15) is 26.9 Å². The number of rotatable bonds is 3. The summed E-state index contributed by atoms with van der Waals surface area (Å²) in [5, 5.41) is 4.22. The highest BCUT2D eigenvalue weighted by molar-refractivity contribution is 7.10. The number of benzene rings is 1. The van der Waals surface area contributed by atoms with Gasteiger partial charge in [0.15, 0.2) is 11.5 Å². The second-order valence-electron chi connectivity index (χ2n) is 6.71. The van der Waals surface area contributed by atoms with Gasteiger partial charge in [-0.3, -0.25) is 4.79 Å². The third kappa shape index (κ3) is 3.13. The molecule has 138 valence electrons. The van der Waals surface area contributed by atoms with Crippen molar-refractivity contribution in [3.8, 4) is 11.5 Å². The molecule has 0 N–H and O–H groups in total. The van der Waals surface area contributed by atoms with Crippen molar-refractivity contribution in [2.45, 2.75) is 18.9 Å². The summed E-state index contributed by atoms with van der Waals surface area (Å²) in [5.41, 5.74) is 2.24. The summed E-state index contributed by atoms with van der Waals surface area (Å²) < 4.78 is 11.2. The molecule has 1 amide bonds. The Labute approximate surface area is 166 Å². The molecule has 1 aromatic carbocycles. The minimum Gasteiger partial charge on any atom is -0.486 e. The molecular formula is C21H19NO3S2. The van der Waals surface area contributed by atoms with Crippen molar-refractivity contribution in [2.75, 3.05) is 19.8 Å². The smallest absolute Gasteiger partial charge is 0.227 e. The van der Waals surface area contributed by atoms with Gasteiger partial charge in [0, 0.05) is 16.3 Å². The third-order valence-corrected chi connectivity index (χ3v) is 6.98. The van der Waals surface area contributed by atoms with Crippen LogP contribution in [-0.2, 0) is 17.6 Å². The molecule has 2 aliphatic heterocycles. The molecule has 27 heavy (non-hydrogen) atoms. The van der Waals surface area contributed by atoms with E-state index in [2.05, 4.69) is 29.0 Å². The second-order valence-corrected chi connectivity index (χ2v) is 8.69. The van der Waals surface area contributed by atoms with Gasteiger partial charge < -0.3 is 14.4 Å². The normalized spacial score (nSPS) is 18.2. The van der Waals surface area contributed by atoms with Crippen LogP contribution in [0.25, 0.3) is 0 Å². The van der Waals surface area contributed by atoms with Crippen molar-refractivity contribution in [3.05, 3.63) is 68.0 Å². The van der Waals surface area contributed by atoms with Crippen molar-refractivity contribution < 1.29 is 14.3 Å². The van der Waals surface area contributed by atoms with Crippen LogP contribution in [-0.4, -0.2) is 30.6 Å². The molecule has 3 aromatic rings. The van der Waals surface area contributed by atoms with Gasteiger partial charge in [0.25, 0.3) is 0 Å². The molecule has 0 bridgehead atoms. The Morgan fingerprint density at radius 1 is 1.07 bits per heavy atom. The fourth-order valence-corrected chi connectivity index (χ4v) is 5.57. The number of fused-ring (bicyclic) bond motifs is 2. The van der Waals surface area contributed by atoms with E-state index in [9.17, 15) is 4.79 Å². The molecule has 1 atom stereocenters. The van der Waals surface area contributed by atoms with E-state index in [1.165, 1.54) is 15.3 Å². The van der Waals surface area contributed by atoms with Gasteiger partial charge >= 0.3 is 0 Å². The lowest BCUT2D eigenvalue weighted by atomic mass is 9.97. The minimum absolute atomic E-state index is 0.0321. The number of hydrogen-bond donors (Lipinski definition) is 0. The van der Waals surface area contributed by atoms with Gasteiger partial charge in [0.1, 0.15) is 13.2 Å². The van der Waals surface area contributed by atoms with Crippen LogP contribution in [0.4, 0.5) is 0 Å². The zero-order valence-corrected chi connectivity index (χ0v) is 16.4. The van der Waals surface area contributed by atoms with E-state index in [1.807, 2.05) is 23.1 Å². The first-order valence-electron chi connectivity index (χ1n) is 9.07. The summed E-state index contributed by atoms with van der Waals surface area (Å²) >= 11 is 3.51. The van der Waals surface area contributed by atoms with E-state index in [4.69, 9.17) is 9.47 Å². The maximum atomic E-state index is 13.2. The van der Waals surface area contributed by atoms with Crippen LogP contribution in [0.15, 0.2) is 47.2 Å². The molecule has 4 nitrogen and oxygen atoms in total. The Hall–Kier alpha value is -2.31. The van der Waals surface area contributed by atoms with E-state index >= 15 is 0 Å². The van der Waals surface area contributed by atoms with E-state index in [-0.39, 0.29) is 11.9 Å². The molecule has 2 aromatic heterocycles. The molecule has 5 rings (SSSR count). The molecule has 0 spiro atoms. The van der Waals surface area contributed by atoms with Crippen molar-refractivity contribution in [3.63, 3.8) is 0 Å². The van der Waals surface area contributed by atoms with E-state index in [1.54, 1.807) is 22.7 Å². The van der Waals surface area contributed by atoms with Gasteiger partial charge in [0.2, 0.25) is 5.91 Å². The molecule has 0 saturated heterocycles. The predicted molar refractivity (Wildman–Crippen MR) is 107 cm³/mol. The van der Waals surface area contributed by atoms with Crippen LogP contribution in [0.3, 0.4) is 0 Å². The Kier molecular flexibility index (Phi) is 4.38. The summed E-state index contributed by atoms with van der Waals surface area (Å²) in [6, 6.07) is 12.2. The lowest BCUT2D eigenvalue weighted by molar-refractivity contribution is -0.132. The highest BCUT2D eigenvalue weighted by Gasteiger charge is 2.33. The van der Waals surface area contributed by atoms with Crippen molar-refractivity contribution in [1.82, 2.24) is 4.90 Å². The minimum atomic E-state index is 0.0321. The first-order chi connectivity index (χ1) is 13.3. The summed E-state index contributed by atoms with van der Waals surface area (Å²) in [4.78, 5) is 17.9. The fourth-order valence-electron chi connectivity index (χ4n) is 3.81. The quantitative estimate of drug-likeness (QED) is 0.662. The summed E-state index contributed by atoms with van der Waals surface area (Å²) in [5.74, 6) is 1.65. The van der Waals surface area contributed by atoms with Gasteiger partial charge in [-0.05, 0) is 52.6 Å². The Morgan fingerprint density at radius 2 is 1.96 bits per heavy atom. The van der Waals surface area contributed by atoms with Gasteiger partial charge in [-0.2, -0.15) is 0 Å². The SMILES string of the molecule is O=C(Cc1ccc2c(c1)OCCO2)N1CCc2sccc2C1c1cccs1. The molecule has 0 fully saturated rings. The second kappa shape index (κ2) is 7.02. The van der Waals surface area contributed by atoms with Crippen LogP contribution in [0, 0.1) is 0 Å². The molecule has 1 unspecified atom stereocenters. The molecule has 2 aliphatic rings. The van der Waals surface area contributed by atoms with Crippen molar-refractivity contribution in [2.24, 2.45) is 0 Å². The maximum Gasteiger partial charge on any atom is 0.227 e. The average Bonchev–Trinajstić information content (AvgIpc) is 3.38. The van der Waals surface area contributed by atoms with E-state index in [0.717, 1.165) is 30.0 Å². The number of hydrogen-bond acceptors (Lipinski definition) is 5. The number of carbonyl (C=O) groups excluding carboxylic acids is 1. The van der Waals surface area contributed by atoms with Crippen molar-refractivity contribution >= 4 is 28.6 Å². The van der Waals surface area contributed by atoms with Gasteiger partial charge in [-0.1, -0.05) is 12.1 Å². The number of thiophene rings is 2. The Morgan fingerprint density at radius 3 is 2.81 bits per heavy atom. The Balaban J connectivity index is 1.42. The molecule has 6 heteroatoms. The first-order valence-corrected chi connectivity index (χ1v) is 10.8. The number of amides is 1. The molecule has 4 heterocycles. The molecular weight excluding hydrogens is 378 g/mol. The summed E-state index contributed by atoms with van der Waals surface area (Å²) in [6.07, 6.45) is 1.31. The highest BCUT2D eigenvalue weighted by atomic mass is 32.1. The standard InChI is InChI=1S/C21H19NO3S2/c23-20(13-14-3-4-16-17(12-14)25-9-8-24-16)22-7-5-18-15(6-11-27-18)21(22)19-2-1-10-26-19/h1-4,6,10-12,21H,5,7-9,13H2. The number of nitrogens with zero attached hydrogens (tertiary/aromatic N) is 1. The van der Waals surface area contributed by atoms with Gasteiger partial charge in [-0.25, -0.2) is 0 Å². The van der Waals surface area contributed by atoms with Crippen molar-refractivity contribution in [1.29, 1.82) is 0 Å². The van der Waals surface area contributed by atoms with Crippen LogP contribution in [0.2, 0.25) is 0 Å². The van der Waals surface area contributed by atoms with Crippen LogP contribution in [0.5, 0.6) is 11.5 Å². The maximum absolute atomic E-state index is 13.2. The topological polar surface area (TPSA) is 38.8 Å². The molecule has 0 radical (unpaired) electrons. The fraction of sp³-hybridized carbons (Fsp3) is 0.286. The highest BCUT2D eigenvalue weighted by Crippen LogP contribution is 2.40. The van der Waals surface area contributed by atoms with Gasteiger partial charge in [-0.15, -0.1) is 22.7 Å². The van der Waals surface area contributed by atoms with E-state index < -0.39 is 0 Å².